The number of allylic oxidation sites excluding steroid dienone is 1. The van der Waals surface area contributed by atoms with E-state index in [1.165, 1.54) is 19.3 Å². The number of aryl methyl sites for hydroxylation is 1. The first kappa shape index (κ1) is 23.1. The van der Waals surface area contributed by atoms with Gasteiger partial charge < -0.3 is 9.47 Å². The van der Waals surface area contributed by atoms with Crippen molar-refractivity contribution in [2.45, 2.75) is 71.8 Å². The lowest BCUT2D eigenvalue weighted by atomic mass is 9.91. The summed E-state index contributed by atoms with van der Waals surface area (Å²) >= 11 is 0.868. The molecule has 0 fully saturated rings. The monoisotopic (exact) mass is 410 g/mol. The highest BCUT2D eigenvalue weighted by atomic mass is 32.2. The molecular weight excluding hydrogens is 376 g/mol. The van der Waals surface area contributed by atoms with Crippen LogP contribution in [0, 0.1) is 11.8 Å². The van der Waals surface area contributed by atoms with Crippen molar-refractivity contribution >= 4 is 12.0 Å². The number of ether oxygens (including phenoxy) is 2. The van der Waals surface area contributed by atoms with Crippen LogP contribution in [0.15, 0.2) is 30.4 Å². The third-order valence-corrected chi connectivity index (χ3v) is 5.48. The summed E-state index contributed by atoms with van der Waals surface area (Å²) in [5.74, 6) is 3.39. The van der Waals surface area contributed by atoms with E-state index in [1.807, 2.05) is 18.2 Å². The van der Waals surface area contributed by atoms with Crippen molar-refractivity contribution in [3.05, 3.63) is 35.9 Å². The van der Waals surface area contributed by atoms with Crippen LogP contribution in [0.2, 0.25) is 0 Å². The largest absolute Gasteiger partial charge is 0.483 e. The molecule has 6 heteroatoms. The van der Waals surface area contributed by atoms with Gasteiger partial charge in [0.15, 0.2) is 5.94 Å². The van der Waals surface area contributed by atoms with E-state index in [1.54, 1.807) is 0 Å². The molecule has 0 amide bonds. The molecule has 5 nitrogen and oxygen atoms in total. The number of rotatable bonds is 12. The number of benzene rings is 1. The third-order valence-electron chi connectivity index (χ3n) is 5.11. The summed E-state index contributed by atoms with van der Waals surface area (Å²) in [6.07, 6.45) is 11.4. The summed E-state index contributed by atoms with van der Waals surface area (Å²) in [6.45, 7) is 9.07. The number of hydrogen-bond acceptors (Lipinski definition) is 6. The second kappa shape index (κ2) is 11.7. The molecule has 0 saturated carbocycles. The Morgan fingerprint density at radius 1 is 1.29 bits per heavy atom. The van der Waals surface area contributed by atoms with Gasteiger partial charge in [-0.25, -0.2) is 5.26 Å². The fraction of sp³-hybridized carbons (Fsp3) is 0.636. The van der Waals surface area contributed by atoms with Crippen molar-refractivity contribution < 1.29 is 24.1 Å². The topological polar surface area (TPSA) is 57.2 Å². The Morgan fingerprint density at radius 3 is 2.86 bits per heavy atom. The van der Waals surface area contributed by atoms with Gasteiger partial charge in [0.2, 0.25) is 0 Å². The zero-order valence-corrected chi connectivity index (χ0v) is 18.3. The molecule has 1 aromatic rings. The van der Waals surface area contributed by atoms with Crippen molar-refractivity contribution in [3.8, 4) is 11.5 Å². The summed E-state index contributed by atoms with van der Waals surface area (Å²) in [4.78, 5) is 0. The van der Waals surface area contributed by atoms with Crippen LogP contribution in [0.5, 0.6) is 11.5 Å². The average molecular weight is 411 g/mol. The fourth-order valence-corrected chi connectivity index (χ4v) is 3.68. The van der Waals surface area contributed by atoms with Crippen LogP contribution in [-0.2, 0) is 15.8 Å². The van der Waals surface area contributed by atoms with Crippen LogP contribution in [0.3, 0.4) is 0 Å². The highest BCUT2D eigenvalue weighted by Crippen LogP contribution is 2.36. The molecular formula is C22H34O5S. The Balaban J connectivity index is 1.82. The van der Waals surface area contributed by atoms with E-state index in [-0.39, 0.29) is 11.5 Å². The van der Waals surface area contributed by atoms with Crippen LogP contribution in [-0.4, -0.2) is 16.8 Å². The van der Waals surface area contributed by atoms with Gasteiger partial charge in [0.25, 0.3) is 0 Å². The van der Waals surface area contributed by atoms with Crippen molar-refractivity contribution in [2.24, 2.45) is 11.8 Å². The Kier molecular flexibility index (Phi) is 9.65. The quantitative estimate of drug-likeness (QED) is 0.105. The van der Waals surface area contributed by atoms with Gasteiger partial charge in [-0.2, -0.15) is 0 Å². The molecule has 0 spiro atoms. The van der Waals surface area contributed by atoms with E-state index in [2.05, 4.69) is 49.2 Å². The lowest BCUT2D eigenvalue weighted by molar-refractivity contribution is -0.432. The first-order valence-corrected chi connectivity index (χ1v) is 11.0. The molecule has 1 heterocycles. The zero-order chi connectivity index (χ0) is 20.4. The molecule has 0 aromatic heterocycles. The maximum atomic E-state index is 8.10. The standard InChI is InChI=1S/C22H34O5S/c1-17(2)7-5-8-18(3)9-6-13-22(4)14-12-19-15-20(10-11-21(19)25-22)24-16-28-27-26-23/h6,10-11,13,15,17-18,23H,5,7-9,12,14,16H2,1-4H3/b13-6+. The van der Waals surface area contributed by atoms with Crippen molar-refractivity contribution in [1.82, 2.24) is 0 Å². The molecule has 0 bridgehead atoms. The fourth-order valence-electron chi connectivity index (χ4n) is 3.42. The van der Waals surface area contributed by atoms with E-state index in [0.717, 1.165) is 54.3 Å². The van der Waals surface area contributed by atoms with Crippen LogP contribution in [0.25, 0.3) is 0 Å². The molecule has 2 atom stereocenters. The molecule has 2 unspecified atom stereocenters. The lowest BCUT2D eigenvalue weighted by Gasteiger charge is -2.33. The zero-order valence-electron chi connectivity index (χ0n) is 17.5. The molecule has 1 N–H and O–H groups in total. The molecule has 1 aliphatic heterocycles. The van der Waals surface area contributed by atoms with Gasteiger partial charge in [0, 0.05) is 0 Å². The summed E-state index contributed by atoms with van der Waals surface area (Å²) in [5, 5.41) is 11.6. The predicted octanol–water partition coefficient (Wildman–Crippen LogP) is 6.58. The number of hydrogen-bond donors (Lipinski definition) is 1. The van der Waals surface area contributed by atoms with E-state index < -0.39 is 0 Å². The molecule has 28 heavy (non-hydrogen) atoms. The molecule has 1 aliphatic rings. The van der Waals surface area contributed by atoms with Crippen molar-refractivity contribution in [1.29, 1.82) is 0 Å². The second-order valence-electron chi connectivity index (χ2n) is 8.27. The van der Waals surface area contributed by atoms with Gasteiger partial charge in [0.1, 0.15) is 17.1 Å². The Hall–Kier alpha value is -1.21. The SMILES string of the molecule is CC(C)CCCC(C)C/C=C/C1(C)CCc2cc(OCSOOO)ccc2O1. The Labute approximate surface area is 173 Å². The summed E-state index contributed by atoms with van der Waals surface area (Å²) in [7, 11) is 0. The Morgan fingerprint density at radius 2 is 2.11 bits per heavy atom. The van der Waals surface area contributed by atoms with E-state index in [4.69, 9.17) is 14.7 Å². The van der Waals surface area contributed by atoms with Gasteiger partial charge in [-0.3, -0.25) is 0 Å². The summed E-state index contributed by atoms with van der Waals surface area (Å²) in [6, 6.07) is 5.83. The summed E-state index contributed by atoms with van der Waals surface area (Å²) < 4.78 is 16.1. The predicted molar refractivity (Wildman–Crippen MR) is 113 cm³/mol. The first-order chi connectivity index (χ1) is 13.4. The maximum Gasteiger partial charge on any atom is 0.162 e. The highest BCUT2D eigenvalue weighted by molar-refractivity contribution is 7.94. The van der Waals surface area contributed by atoms with Crippen LogP contribution < -0.4 is 9.47 Å². The van der Waals surface area contributed by atoms with Crippen LogP contribution in [0.1, 0.15) is 65.4 Å². The van der Waals surface area contributed by atoms with Gasteiger partial charge >= 0.3 is 0 Å². The molecule has 0 radical (unpaired) electrons. The molecule has 1 aromatic carbocycles. The summed E-state index contributed by atoms with van der Waals surface area (Å²) in [5.41, 5.74) is 0.893. The van der Waals surface area contributed by atoms with Crippen LogP contribution in [0.4, 0.5) is 0 Å². The van der Waals surface area contributed by atoms with E-state index in [9.17, 15) is 0 Å². The van der Waals surface area contributed by atoms with Crippen molar-refractivity contribution in [3.63, 3.8) is 0 Å². The van der Waals surface area contributed by atoms with Gasteiger partial charge in [-0.15, -0.1) is 4.33 Å². The lowest BCUT2D eigenvalue weighted by Crippen LogP contribution is -2.34. The van der Waals surface area contributed by atoms with E-state index in [0.29, 0.717) is 5.92 Å². The maximum absolute atomic E-state index is 8.10. The third kappa shape index (κ3) is 8.03. The first-order valence-electron chi connectivity index (χ1n) is 10.1. The average Bonchev–Trinajstić information content (AvgIpc) is 2.65. The molecule has 0 saturated heterocycles. The van der Waals surface area contributed by atoms with Gasteiger partial charge in [-0.1, -0.05) is 51.1 Å². The van der Waals surface area contributed by atoms with Gasteiger partial charge in [-0.05, 0) is 67.9 Å². The minimum atomic E-state index is -0.255. The van der Waals surface area contributed by atoms with Crippen molar-refractivity contribution in [2.75, 3.05) is 5.94 Å². The molecule has 2 rings (SSSR count). The minimum absolute atomic E-state index is 0.218. The molecule has 158 valence electrons. The Bertz CT molecular complexity index is 619. The van der Waals surface area contributed by atoms with E-state index >= 15 is 0 Å². The molecule has 0 aliphatic carbocycles. The smallest absolute Gasteiger partial charge is 0.162 e. The minimum Gasteiger partial charge on any atom is -0.483 e. The normalized spacial score (nSPS) is 20.2. The highest BCUT2D eigenvalue weighted by Gasteiger charge is 2.29. The van der Waals surface area contributed by atoms with Crippen LogP contribution >= 0.6 is 12.0 Å². The number of fused-ring (bicyclic) bond motifs is 1. The van der Waals surface area contributed by atoms with Gasteiger partial charge in [0.05, 0.1) is 12.0 Å². The second-order valence-corrected chi connectivity index (χ2v) is 8.88.